The highest BCUT2D eigenvalue weighted by molar-refractivity contribution is 14.1. The molecule has 2 atom stereocenters. The van der Waals surface area contributed by atoms with Crippen LogP contribution in [0, 0.1) is 0 Å². The second kappa shape index (κ2) is 4.65. The topological polar surface area (TPSA) is 70.1 Å². The molecule has 92 valence electrons. The van der Waals surface area contributed by atoms with Gasteiger partial charge in [0.2, 0.25) is 0 Å². The van der Waals surface area contributed by atoms with E-state index in [1.54, 1.807) is 6.08 Å². The average Bonchev–Trinajstić information content (AvgIpc) is 2.56. The van der Waals surface area contributed by atoms with Crippen LogP contribution in [0.2, 0.25) is 0 Å². The third kappa shape index (κ3) is 2.04. The molecule has 0 aliphatic carbocycles. The molecular weight excluding hydrogens is 339 g/mol. The number of hydrogen-bond donors (Lipinski definition) is 1. The number of urea groups is 1. The van der Waals surface area contributed by atoms with E-state index in [-0.39, 0.29) is 12.6 Å². The van der Waals surface area contributed by atoms with Gasteiger partial charge in [-0.05, 0) is 28.7 Å². The molecule has 7 heteroatoms. The lowest BCUT2D eigenvalue weighted by atomic mass is 10.1. The summed E-state index contributed by atoms with van der Waals surface area (Å²) < 4.78 is 0.807. The number of nitrogens with zero attached hydrogens (tertiary/aromatic N) is 2. The summed E-state index contributed by atoms with van der Waals surface area (Å²) in [7, 11) is 0. The standard InChI is InChI=1S/C10H11IN2O4/c1-2-3-17-13-8-5-12(10(13)16)7(9(14)15)4-6(8)11/h2,4,7-8H,1,3,5H2,(H,14,15)/t7-,8?/m0/s1. The fraction of sp³-hybridized carbons (Fsp3) is 0.400. The number of amides is 2. The highest BCUT2D eigenvalue weighted by Crippen LogP contribution is 2.33. The third-order valence-electron chi connectivity index (χ3n) is 2.64. The molecule has 17 heavy (non-hydrogen) atoms. The van der Waals surface area contributed by atoms with Gasteiger partial charge in [-0.3, -0.25) is 4.84 Å². The van der Waals surface area contributed by atoms with Crippen molar-refractivity contribution in [2.24, 2.45) is 0 Å². The monoisotopic (exact) mass is 350 g/mol. The normalized spacial score (nSPS) is 27.1. The molecule has 0 spiro atoms. The summed E-state index contributed by atoms with van der Waals surface area (Å²) in [5.41, 5.74) is 0. The Morgan fingerprint density at radius 3 is 3.06 bits per heavy atom. The maximum atomic E-state index is 11.9. The van der Waals surface area contributed by atoms with E-state index in [0.717, 1.165) is 3.58 Å². The lowest BCUT2D eigenvalue weighted by Gasteiger charge is -2.24. The molecule has 0 aromatic rings. The van der Waals surface area contributed by atoms with Crippen LogP contribution in [0.4, 0.5) is 4.79 Å². The Hall–Kier alpha value is -1.09. The van der Waals surface area contributed by atoms with Gasteiger partial charge < -0.3 is 10.0 Å². The minimum Gasteiger partial charge on any atom is -0.479 e. The number of carboxylic acids is 1. The zero-order chi connectivity index (χ0) is 12.6. The highest BCUT2D eigenvalue weighted by Gasteiger charge is 2.48. The van der Waals surface area contributed by atoms with E-state index in [1.165, 1.54) is 16.0 Å². The van der Waals surface area contributed by atoms with Crippen molar-refractivity contribution < 1.29 is 19.5 Å². The van der Waals surface area contributed by atoms with Crippen molar-refractivity contribution in [3.63, 3.8) is 0 Å². The molecule has 1 unspecified atom stereocenters. The van der Waals surface area contributed by atoms with E-state index in [4.69, 9.17) is 9.94 Å². The van der Waals surface area contributed by atoms with Crippen molar-refractivity contribution in [3.05, 3.63) is 22.3 Å². The molecule has 0 radical (unpaired) electrons. The molecule has 2 bridgehead atoms. The summed E-state index contributed by atoms with van der Waals surface area (Å²) >= 11 is 2.04. The lowest BCUT2D eigenvalue weighted by molar-refractivity contribution is -0.140. The molecule has 2 aliphatic rings. The lowest BCUT2D eigenvalue weighted by Crippen LogP contribution is -2.43. The van der Waals surface area contributed by atoms with Crippen LogP contribution in [0.3, 0.4) is 0 Å². The van der Waals surface area contributed by atoms with Crippen molar-refractivity contribution >= 4 is 34.6 Å². The Bertz CT molecular complexity index is 409. The number of hydrogen-bond acceptors (Lipinski definition) is 3. The van der Waals surface area contributed by atoms with Crippen LogP contribution in [-0.4, -0.2) is 52.3 Å². The van der Waals surface area contributed by atoms with Gasteiger partial charge in [0.25, 0.3) is 0 Å². The molecule has 2 heterocycles. The predicted molar refractivity (Wildman–Crippen MR) is 67.4 cm³/mol. The molecule has 1 N–H and O–H groups in total. The number of rotatable bonds is 4. The predicted octanol–water partition coefficient (Wildman–Crippen LogP) is 0.996. The Balaban J connectivity index is 2.24. The van der Waals surface area contributed by atoms with Crippen LogP contribution in [0.25, 0.3) is 0 Å². The van der Waals surface area contributed by atoms with Gasteiger partial charge in [0.15, 0.2) is 6.04 Å². The van der Waals surface area contributed by atoms with E-state index >= 15 is 0 Å². The van der Waals surface area contributed by atoms with Crippen molar-refractivity contribution in [2.75, 3.05) is 13.2 Å². The van der Waals surface area contributed by atoms with Gasteiger partial charge in [0, 0.05) is 3.58 Å². The number of aliphatic carboxylic acids is 1. The van der Waals surface area contributed by atoms with Crippen LogP contribution < -0.4 is 0 Å². The number of hydroxylamine groups is 2. The number of carboxylic acid groups (broad SMARTS) is 1. The zero-order valence-electron chi connectivity index (χ0n) is 8.88. The van der Waals surface area contributed by atoms with Gasteiger partial charge in [0.1, 0.15) is 6.04 Å². The first-order valence-corrected chi connectivity index (χ1v) is 6.07. The average molecular weight is 350 g/mol. The second-order valence-electron chi connectivity index (χ2n) is 3.70. The summed E-state index contributed by atoms with van der Waals surface area (Å²) in [6.45, 7) is 4.08. The Labute approximate surface area is 112 Å². The number of carbonyl (C=O) groups is 2. The quantitative estimate of drug-likeness (QED) is 0.607. The van der Waals surface area contributed by atoms with Crippen LogP contribution in [-0.2, 0) is 9.63 Å². The molecule has 0 aromatic carbocycles. The molecule has 6 nitrogen and oxygen atoms in total. The van der Waals surface area contributed by atoms with Crippen LogP contribution in [0.5, 0.6) is 0 Å². The van der Waals surface area contributed by atoms with E-state index in [9.17, 15) is 9.59 Å². The number of halogens is 1. The summed E-state index contributed by atoms with van der Waals surface area (Å²) in [4.78, 5) is 29.5. The second-order valence-corrected chi connectivity index (χ2v) is 4.94. The first kappa shape index (κ1) is 12.4. The Kier molecular flexibility index (Phi) is 3.38. The fourth-order valence-electron chi connectivity index (χ4n) is 1.86. The van der Waals surface area contributed by atoms with E-state index < -0.39 is 18.0 Å². The smallest absolute Gasteiger partial charge is 0.345 e. The Morgan fingerprint density at radius 2 is 2.47 bits per heavy atom. The summed E-state index contributed by atoms with van der Waals surface area (Å²) in [5, 5.41) is 10.3. The first-order valence-electron chi connectivity index (χ1n) is 5.00. The molecule has 0 aromatic heterocycles. The fourth-order valence-corrected chi connectivity index (χ4v) is 2.66. The van der Waals surface area contributed by atoms with E-state index in [0.29, 0.717) is 6.54 Å². The van der Waals surface area contributed by atoms with Crippen LogP contribution >= 0.6 is 22.6 Å². The first-order chi connectivity index (χ1) is 8.06. The van der Waals surface area contributed by atoms with Crippen molar-refractivity contribution in [1.82, 2.24) is 9.96 Å². The molecule has 0 saturated carbocycles. The summed E-state index contributed by atoms with van der Waals surface area (Å²) in [5.74, 6) is -1.03. The number of carbonyl (C=O) groups excluding carboxylic acids is 1. The molecule has 2 rings (SSSR count). The molecule has 2 amide bonds. The summed E-state index contributed by atoms with van der Waals surface area (Å²) in [6, 6.07) is -1.52. The van der Waals surface area contributed by atoms with E-state index in [1.807, 2.05) is 22.6 Å². The molecular formula is C10H11IN2O4. The third-order valence-corrected chi connectivity index (χ3v) is 3.72. The summed E-state index contributed by atoms with van der Waals surface area (Å²) in [6.07, 6.45) is 3.11. The van der Waals surface area contributed by atoms with Crippen LogP contribution in [0.15, 0.2) is 22.3 Å². The van der Waals surface area contributed by atoms with Crippen molar-refractivity contribution in [3.8, 4) is 0 Å². The highest BCUT2D eigenvalue weighted by atomic mass is 127. The largest absolute Gasteiger partial charge is 0.479 e. The zero-order valence-corrected chi connectivity index (χ0v) is 11.0. The molecule has 1 saturated heterocycles. The van der Waals surface area contributed by atoms with E-state index in [2.05, 4.69) is 6.58 Å². The van der Waals surface area contributed by atoms with Gasteiger partial charge in [-0.1, -0.05) is 6.08 Å². The van der Waals surface area contributed by atoms with Crippen LogP contribution in [0.1, 0.15) is 0 Å². The van der Waals surface area contributed by atoms with Gasteiger partial charge in [-0.15, -0.1) is 6.58 Å². The van der Waals surface area contributed by atoms with Crippen molar-refractivity contribution in [2.45, 2.75) is 12.1 Å². The minimum atomic E-state index is -1.03. The SMILES string of the molecule is C=CCON1C(=O)N2CC1C(I)=C[C@H]2C(=O)O. The van der Waals surface area contributed by atoms with Gasteiger partial charge in [0.05, 0.1) is 13.2 Å². The number of fused-ring (bicyclic) bond motifs is 2. The minimum absolute atomic E-state index is 0.210. The molecule has 1 fully saturated rings. The van der Waals surface area contributed by atoms with Gasteiger partial charge in [-0.2, -0.15) is 5.06 Å². The molecule has 2 aliphatic heterocycles. The maximum Gasteiger partial charge on any atom is 0.345 e. The van der Waals surface area contributed by atoms with Gasteiger partial charge in [-0.25, -0.2) is 9.59 Å². The maximum absolute atomic E-state index is 11.9. The Morgan fingerprint density at radius 1 is 1.76 bits per heavy atom. The van der Waals surface area contributed by atoms with Crippen molar-refractivity contribution in [1.29, 1.82) is 0 Å². The van der Waals surface area contributed by atoms with Gasteiger partial charge >= 0.3 is 12.0 Å².